The van der Waals surface area contributed by atoms with E-state index in [9.17, 15) is 0 Å². The largest absolute Gasteiger partial charge is 0.490 e. The second-order valence-corrected chi connectivity index (χ2v) is 2.85. The van der Waals surface area contributed by atoms with Crippen LogP contribution in [-0.4, -0.2) is 31.9 Å². The molecule has 0 aliphatic rings. The van der Waals surface area contributed by atoms with E-state index in [2.05, 4.69) is 10.1 Å². The van der Waals surface area contributed by atoms with Crippen LogP contribution in [-0.2, 0) is 7.05 Å². The second kappa shape index (κ2) is 2.83. The molecule has 0 bridgehead atoms. The zero-order valence-corrected chi connectivity index (χ0v) is 7.05. The normalized spacial score (nSPS) is 10.7. The maximum atomic E-state index is 8.87. The highest BCUT2D eigenvalue weighted by molar-refractivity contribution is 6.58. The van der Waals surface area contributed by atoms with Gasteiger partial charge < -0.3 is 10.0 Å². The Hall–Kier alpha value is -1.40. The summed E-state index contributed by atoms with van der Waals surface area (Å²) in [6.45, 7) is 0. The third-order valence-corrected chi connectivity index (χ3v) is 1.79. The van der Waals surface area contributed by atoms with Crippen molar-refractivity contribution in [2.24, 2.45) is 7.05 Å². The predicted octanol–water partition coefficient (Wildman–Crippen LogP) is -1.35. The van der Waals surface area contributed by atoms with Crippen molar-refractivity contribution >= 4 is 23.6 Å². The lowest BCUT2D eigenvalue weighted by Crippen LogP contribution is -2.29. The summed E-state index contributed by atoms with van der Waals surface area (Å²) in [7, 11) is 0.301. The van der Waals surface area contributed by atoms with Gasteiger partial charge in [-0.25, -0.2) is 0 Å². The van der Waals surface area contributed by atoms with Crippen LogP contribution in [0.2, 0.25) is 0 Å². The molecule has 0 fully saturated rings. The highest BCUT2D eigenvalue weighted by Crippen LogP contribution is 2.05. The van der Waals surface area contributed by atoms with Crippen molar-refractivity contribution in [2.75, 3.05) is 0 Å². The molecule has 2 heterocycles. The quantitative estimate of drug-likeness (QED) is 0.528. The van der Waals surface area contributed by atoms with Crippen LogP contribution in [0.5, 0.6) is 0 Å². The topological polar surface area (TPSA) is 71.2 Å². The molecule has 13 heavy (non-hydrogen) atoms. The molecule has 0 saturated heterocycles. The number of aryl methyl sites for hydroxylation is 1. The first kappa shape index (κ1) is 8.21. The lowest BCUT2D eigenvalue weighted by atomic mass is 9.81. The highest BCUT2D eigenvalue weighted by atomic mass is 16.4. The molecule has 0 unspecified atom stereocenters. The van der Waals surface area contributed by atoms with E-state index in [-0.39, 0.29) is 0 Å². The van der Waals surface area contributed by atoms with Crippen LogP contribution in [0.1, 0.15) is 0 Å². The molecule has 66 valence electrons. The molecule has 6 heteroatoms. The van der Waals surface area contributed by atoms with Crippen LogP contribution in [0.15, 0.2) is 18.5 Å². The van der Waals surface area contributed by atoms with Crippen LogP contribution in [0.4, 0.5) is 0 Å². The van der Waals surface area contributed by atoms with Gasteiger partial charge in [0, 0.05) is 18.7 Å². The van der Waals surface area contributed by atoms with E-state index in [1.807, 2.05) is 0 Å². The van der Waals surface area contributed by atoms with Crippen molar-refractivity contribution in [3.8, 4) is 0 Å². The van der Waals surface area contributed by atoms with Gasteiger partial charge in [0.25, 0.3) is 0 Å². The van der Waals surface area contributed by atoms with Crippen molar-refractivity contribution in [1.29, 1.82) is 0 Å². The standard InChI is InChI=1S/C7H8BN3O2/c1-11-4-7-6(10-11)2-5(3-9-7)8(12)13/h2-4,12-13H,1H3. The van der Waals surface area contributed by atoms with Gasteiger partial charge in [-0.3, -0.25) is 9.67 Å². The molecule has 0 radical (unpaired) electrons. The number of hydrogen-bond donors (Lipinski definition) is 2. The summed E-state index contributed by atoms with van der Waals surface area (Å²) in [5.41, 5.74) is 1.76. The zero-order chi connectivity index (χ0) is 9.42. The van der Waals surface area contributed by atoms with Gasteiger partial charge in [-0.15, -0.1) is 0 Å². The Balaban J connectivity index is 2.61. The van der Waals surface area contributed by atoms with Crippen molar-refractivity contribution in [3.63, 3.8) is 0 Å². The van der Waals surface area contributed by atoms with Gasteiger partial charge in [0.2, 0.25) is 0 Å². The minimum Gasteiger partial charge on any atom is -0.423 e. The van der Waals surface area contributed by atoms with Crippen molar-refractivity contribution in [2.45, 2.75) is 0 Å². The summed E-state index contributed by atoms with van der Waals surface area (Å²) < 4.78 is 1.63. The fourth-order valence-corrected chi connectivity index (χ4v) is 1.18. The molecule has 0 aliphatic carbocycles. The fourth-order valence-electron chi connectivity index (χ4n) is 1.18. The Morgan fingerprint density at radius 1 is 1.38 bits per heavy atom. The van der Waals surface area contributed by atoms with Crippen molar-refractivity contribution in [3.05, 3.63) is 18.5 Å². The van der Waals surface area contributed by atoms with Gasteiger partial charge in [0.15, 0.2) is 0 Å². The Morgan fingerprint density at radius 3 is 2.85 bits per heavy atom. The Morgan fingerprint density at radius 2 is 2.15 bits per heavy atom. The maximum Gasteiger partial charge on any atom is 0.490 e. The van der Waals surface area contributed by atoms with Crippen molar-refractivity contribution < 1.29 is 10.0 Å². The lowest BCUT2D eigenvalue weighted by molar-refractivity contribution is 0.425. The number of fused-ring (bicyclic) bond motifs is 1. The van der Waals surface area contributed by atoms with E-state index >= 15 is 0 Å². The second-order valence-electron chi connectivity index (χ2n) is 2.85. The molecule has 2 aromatic rings. The first-order chi connectivity index (χ1) is 6.16. The minimum atomic E-state index is -1.49. The average molecular weight is 177 g/mol. The molecular formula is C7H8BN3O2. The summed E-state index contributed by atoms with van der Waals surface area (Å²) >= 11 is 0. The Kier molecular flexibility index (Phi) is 1.79. The minimum absolute atomic E-state index is 0.353. The summed E-state index contributed by atoms with van der Waals surface area (Å²) in [5, 5.41) is 21.8. The summed E-state index contributed by atoms with van der Waals surface area (Å²) in [4.78, 5) is 4.02. The van der Waals surface area contributed by atoms with E-state index in [1.54, 1.807) is 24.0 Å². The monoisotopic (exact) mass is 177 g/mol. The molecule has 2 N–H and O–H groups in total. The molecular weight excluding hydrogens is 169 g/mol. The predicted molar refractivity (Wildman–Crippen MR) is 48.3 cm³/mol. The van der Waals surface area contributed by atoms with E-state index in [1.165, 1.54) is 6.20 Å². The molecule has 0 saturated carbocycles. The van der Waals surface area contributed by atoms with Gasteiger partial charge in [-0.05, 0) is 6.07 Å². The van der Waals surface area contributed by atoms with Gasteiger partial charge in [-0.2, -0.15) is 5.10 Å². The lowest BCUT2D eigenvalue weighted by Gasteiger charge is -1.96. The van der Waals surface area contributed by atoms with Gasteiger partial charge in [0.1, 0.15) is 11.0 Å². The molecule has 0 amide bonds. The van der Waals surface area contributed by atoms with Crippen LogP contribution in [0.25, 0.3) is 11.0 Å². The maximum absolute atomic E-state index is 8.87. The van der Waals surface area contributed by atoms with Crippen LogP contribution in [0, 0.1) is 0 Å². The summed E-state index contributed by atoms with van der Waals surface area (Å²) in [6, 6.07) is 1.60. The number of pyridine rings is 1. The molecule has 2 rings (SSSR count). The third-order valence-electron chi connectivity index (χ3n) is 1.79. The average Bonchev–Trinajstić information content (AvgIpc) is 2.42. The molecule has 5 nitrogen and oxygen atoms in total. The SMILES string of the molecule is Cn1cc2ncc(B(O)O)cc2n1. The van der Waals surface area contributed by atoms with Gasteiger partial charge >= 0.3 is 7.12 Å². The van der Waals surface area contributed by atoms with Crippen LogP contribution < -0.4 is 5.46 Å². The zero-order valence-electron chi connectivity index (χ0n) is 7.05. The van der Waals surface area contributed by atoms with Gasteiger partial charge in [-0.1, -0.05) is 0 Å². The smallest absolute Gasteiger partial charge is 0.423 e. The van der Waals surface area contributed by atoms with E-state index < -0.39 is 7.12 Å². The van der Waals surface area contributed by atoms with Crippen LogP contribution in [0.3, 0.4) is 0 Å². The molecule has 0 spiro atoms. The van der Waals surface area contributed by atoms with E-state index in [4.69, 9.17) is 10.0 Å². The Labute approximate surface area is 74.8 Å². The molecule has 0 aliphatic heterocycles. The van der Waals surface area contributed by atoms with Crippen LogP contribution >= 0.6 is 0 Å². The molecule has 2 aromatic heterocycles. The number of nitrogens with zero attached hydrogens (tertiary/aromatic N) is 3. The first-order valence-corrected chi connectivity index (χ1v) is 3.82. The third kappa shape index (κ3) is 1.41. The summed E-state index contributed by atoms with van der Waals surface area (Å²) in [6.07, 6.45) is 3.19. The molecule has 0 atom stereocenters. The van der Waals surface area contributed by atoms with Gasteiger partial charge in [0.05, 0.1) is 6.20 Å². The van der Waals surface area contributed by atoms with E-state index in [0.717, 1.165) is 5.52 Å². The fraction of sp³-hybridized carbons (Fsp3) is 0.143. The highest BCUT2D eigenvalue weighted by Gasteiger charge is 2.12. The number of aromatic nitrogens is 3. The summed E-state index contributed by atoms with van der Waals surface area (Å²) in [5.74, 6) is 0. The van der Waals surface area contributed by atoms with Crippen molar-refractivity contribution in [1.82, 2.24) is 14.8 Å². The number of rotatable bonds is 1. The molecule has 0 aromatic carbocycles. The van der Waals surface area contributed by atoms with E-state index in [0.29, 0.717) is 11.0 Å². The Bertz CT molecular complexity index is 440. The first-order valence-electron chi connectivity index (χ1n) is 3.82. The number of hydrogen-bond acceptors (Lipinski definition) is 4.